The van der Waals surface area contributed by atoms with Gasteiger partial charge in [-0.05, 0) is 53.4 Å². The molecule has 148 valence electrons. The predicted octanol–water partition coefficient (Wildman–Crippen LogP) is 5.54. The van der Waals surface area contributed by atoms with Crippen molar-refractivity contribution in [2.24, 2.45) is 0 Å². The number of amides is 2. The maximum absolute atomic E-state index is 13.1. The van der Waals surface area contributed by atoms with Crippen LogP contribution in [0.15, 0.2) is 97.1 Å². The average molecular weight is 403 g/mol. The van der Waals surface area contributed by atoms with Crippen LogP contribution in [-0.2, 0) is 0 Å². The zero-order chi connectivity index (χ0) is 21.4. The molecule has 1 heterocycles. The van der Waals surface area contributed by atoms with Crippen molar-refractivity contribution >= 4 is 40.1 Å². The van der Waals surface area contributed by atoms with Gasteiger partial charge in [0, 0.05) is 22.1 Å². The fourth-order valence-corrected chi connectivity index (χ4v) is 3.87. The fourth-order valence-electron chi connectivity index (χ4n) is 3.87. The quantitative estimate of drug-likeness (QED) is 0.255. The first-order chi connectivity index (χ1) is 15.1. The molecule has 1 aliphatic heterocycles. The maximum Gasteiger partial charge on any atom is 0.265 e. The second kappa shape index (κ2) is 7.50. The number of benzene rings is 4. The van der Waals surface area contributed by atoms with Crippen molar-refractivity contribution in [3.8, 4) is 0 Å². The lowest BCUT2D eigenvalue weighted by Crippen LogP contribution is -2.40. The van der Waals surface area contributed by atoms with Crippen LogP contribution >= 0.6 is 0 Å². The Bertz CT molecular complexity index is 1320. The molecule has 0 bridgehead atoms. The molecule has 1 aliphatic rings. The highest BCUT2D eigenvalue weighted by molar-refractivity contribution is 6.35. The summed E-state index contributed by atoms with van der Waals surface area (Å²) in [5.74, 6) is -0.878. The average Bonchev–Trinajstić information content (AvgIpc) is 2.82. The number of hydrogen-bond donors (Lipinski definition) is 0. The summed E-state index contributed by atoms with van der Waals surface area (Å²) >= 11 is 0. The smallest absolute Gasteiger partial charge is 0.265 e. The SMILES string of the molecule is O=C(C=Cc1ccccc1)c1ccc(N2C(=O)c3cccc4cccc(c34)C2=O)cc1. The minimum atomic E-state index is -0.364. The van der Waals surface area contributed by atoms with Crippen molar-refractivity contribution in [2.45, 2.75) is 0 Å². The van der Waals surface area contributed by atoms with Gasteiger partial charge in [-0.3, -0.25) is 14.4 Å². The first-order valence-corrected chi connectivity index (χ1v) is 9.91. The minimum absolute atomic E-state index is 0.151. The highest BCUT2D eigenvalue weighted by Crippen LogP contribution is 2.32. The summed E-state index contributed by atoms with van der Waals surface area (Å²) < 4.78 is 0. The van der Waals surface area contributed by atoms with Crippen LogP contribution in [0.25, 0.3) is 16.8 Å². The van der Waals surface area contributed by atoms with Gasteiger partial charge in [-0.2, -0.15) is 0 Å². The molecular weight excluding hydrogens is 386 g/mol. The lowest BCUT2D eigenvalue weighted by molar-refractivity contribution is 0.0893. The van der Waals surface area contributed by atoms with Gasteiger partial charge >= 0.3 is 0 Å². The van der Waals surface area contributed by atoms with Gasteiger partial charge in [0.25, 0.3) is 11.8 Å². The molecule has 2 amide bonds. The zero-order valence-electron chi connectivity index (χ0n) is 16.5. The van der Waals surface area contributed by atoms with Crippen molar-refractivity contribution in [3.05, 3.63) is 119 Å². The van der Waals surface area contributed by atoms with Crippen LogP contribution in [0.3, 0.4) is 0 Å². The van der Waals surface area contributed by atoms with Crippen LogP contribution in [-0.4, -0.2) is 17.6 Å². The summed E-state index contributed by atoms with van der Waals surface area (Å²) in [6, 6.07) is 27.0. The number of anilines is 1. The van der Waals surface area contributed by atoms with Crippen LogP contribution in [0.4, 0.5) is 5.69 Å². The maximum atomic E-state index is 13.1. The highest BCUT2D eigenvalue weighted by Gasteiger charge is 2.33. The lowest BCUT2D eigenvalue weighted by Gasteiger charge is -2.27. The van der Waals surface area contributed by atoms with Crippen molar-refractivity contribution in [2.75, 3.05) is 4.90 Å². The Morgan fingerprint density at radius 1 is 0.677 bits per heavy atom. The van der Waals surface area contributed by atoms with E-state index in [4.69, 9.17) is 0 Å². The number of imide groups is 1. The van der Waals surface area contributed by atoms with Gasteiger partial charge < -0.3 is 0 Å². The predicted molar refractivity (Wildman–Crippen MR) is 121 cm³/mol. The van der Waals surface area contributed by atoms with Gasteiger partial charge in [-0.15, -0.1) is 0 Å². The van der Waals surface area contributed by atoms with E-state index in [0.29, 0.717) is 27.8 Å². The molecule has 0 atom stereocenters. The van der Waals surface area contributed by atoms with Gasteiger partial charge in [0.1, 0.15) is 0 Å². The summed E-state index contributed by atoms with van der Waals surface area (Å²) in [5.41, 5.74) is 2.85. The molecule has 0 spiro atoms. The third kappa shape index (κ3) is 3.24. The van der Waals surface area contributed by atoms with Gasteiger partial charge in [-0.25, -0.2) is 4.90 Å². The minimum Gasteiger partial charge on any atom is -0.289 e. The third-order valence-electron chi connectivity index (χ3n) is 5.41. The van der Waals surface area contributed by atoms with E-state index in [1.54, 1.807) is 42.5 Å². The number of carbonyl (C=O) groups is 3. The summed E-state index contributed by atoms with van der Waals surface area (Å²) in [6.45, 7) is 0. The van der Waals surface area contributed by atoms with Crippen LogP contribution in [0.5, 0.6) is 0 Å². The summed E-state index contributed by atoms with van der Waals surface area (Å²) in [5, 5.41) is 1.55. The first kappa shape index (κ1) is 18.7. The topological polar surface area (TPSA) is 54.5 Å². The van der Waals surface area contributed by atoms with Gasteiger partial charge in [-0.1, -0.05) is 60.7 Å². The molecule has 0 saturated carbocycles. The number of carbonyl (C=O) groups excluding carboxylic acids is 3. The molecule has 0 N–H and O–H groups in total. The second-order valence-corrected chi connectivity index (χ2v) is 7.31. The van der Waals surface area contributed by atoms with Gasteiger partial charge in [0.2, 0.25) is 0 Å². The Balaban J connectivity index is 1.45. The molecule has 0 aliphatic carbocycles. The van der Waals surface area contributed by atoms with E-state index >= 15 is 0 Å². The molecule has 0 aromatic heterocycles. The Morgan fingerprint density at radius 3 is 1.90 bits per heavy atom. The molecule has 0 saturated heterocycles. The molecular formula is C27H17NO3. The van der Waals surface area contributed by atoms with Crippen molar-refractivity contribution in [1.82, 2.24) is 0 Å². The Kier molecular flexibility index (Phi) is 4.53. The van der Waals surface area contributed by atoms with E-state index < -0.39 is 0 Å². The second-order valence-electron chi connectivity index (χ2n) is 7.31. The molecule has 0 radical (unpaired) electrons. The Labute approximate surface area is 179 Å². The van der Waals surface area contributed by atoms with Crippen molar-refractivity contribution in [1.29, 1.82) is 0 Å². The lowest BCUT2D eigenvalue weighted by atomic mass is 9.93. The third-order valence-corrected chi connectivity index (χ3v) is 5.41. The van der Waals surface area contributed by atoms with E-state index in [0.717, 1.165) is 10.9 Å². The molecule has 4 aromatic carbocycles. The standard InChI is InChI=1S/C27H17NO3/c29-24(17-12-18-6-2-1-3-7-18)19-13-15-21(16-14-19)28-26(30)22-10-4-8-20-9-5-11-23(25(20)22)27(28)31/h1-17H. The summed E-state index contributed by atoms with van der Waals surface area (Å²) in [6.07, 6.45) is 3.27. The highest BCUT2D eigenvalue weighted by atomic mass is 16.2. The summed E-state index contributed by atoms with van der Waals surface area (Å²) in [7, 11) is 0. The largest absolute Gasteiger partial charge is 0.289 e. The number of hydrogen-bond acceptors (Lipinski definition) is 3. The number of rotatable bonds is 4. The van der Waals surface area contributed by atoms with Crippen LogP contribution in [0, 0.1) is 0 Å². The molecule has 4 nitrogen and oxygen atoms in total. The molecule has 5 rings (SSSR count). The fraction of sp³-hybridized carbons (Fsp3) is 0. The van der Waals surface area contributed by atoms with E-state index in [1.807, 2.05) is 54.6 Å². The van der Waals surface area contributed by atoms with E-state index in [9.17, 15) is 14.4 Å². The molecule has 0 unspecified atom stereocenters. The van der Waals surface area contributed by atoms with E-state index in [2.05, 4.69) is 0 Å². The normalized spacial score (nSPS) is 13.2. The van der Waals surface area contributed by atoms with Gasteiger partial charge in [0.05, 0.1) is 5.69 Å². The van der Waals surface area contributed by atoms with E-state index in [-0.39, 0.29) is 17.6 Å². The zero-order valence-corrected chi connectivity index (χ0v) is 16.5. The van der Waals surface area contributed by atoms with Crippen molar-refractivity contribution in [3.63, 3.8) is 0 Å². The molecule has 31 heavy (non-hydrogen) atoms. The van der Waals surface area contributed by atoms with Crippen LogP contribution in [0.2, 0.25) is 0 Å². The van der Waals surface area contributed by atoms with Gasteiger partial charge in [0.15, 0.2) is 5.78 Å². The Morgan fingerprint density at radius 2 is 1.29 bits per heavy atom. The van der Waals surface area contributed by atoms with E-state index in [1.165, 1.54) is 11.0 Å². The molecule has 0 fully saturated rings. The monoisotopic (exact) mass is 403 g/mol. The van der Waals surface area contributed by atoms with Crippen LogP contribution in [0.1, 0.15) is 36.6 Å². The summed E-state index contributed by atoms with van der Waals surface area (Å²) in [4.78, 5) is 39.9. The molecule has 4 aromatic rings. The first-order valence-electron chi connectivity index (χ1n) is 9.91. The Hall–Kier alpha value is -4.31. The molecule has 4 heteroatoms. The van der Waals surface area contributed by atoms with Crippen molar-refractivity contribution < 1.29 is 14.4 Å². The number of nitrogens with zero attached hydrogens (tertiary/aromatic N) is 1. The number of allylic oxidation sites excluding steroid dienone is 1. The van der Waals surface area contributed by atoms with Crippen LogP contribution < -0.4 is 4.90 Å². The number of ketones is 1.